The summed E-state index contributed by atoms with van der Waals surface area (Å²) in [5.41, 5.74) is 2.94. The lowest BCUT2D eigenvalue weighted by molar-refractivity contribution is -0.141. The number of amides is 1. The van der Waals surface area contributed by atoms with Gasteiger partial charge in [0.05, 0.1) is 6.10 Å². The third kappa shape index (κ3) is 5.28. The smallest absolute Gasteiger partial charge is 0.325 e. The van der Waals surface area contributed by atoms with Gasteiger partial charge < -0.3 is 19.4 Å². The summed E-state index contributed by atoms with van der Waals surface area (Å²) >= 11 is 0. The minimum Gasteiger partial charge on any atom is -0.491 e. The number of esters is 1. The van der Waals surface area contributed by atoms with Crippen LogP contribution in [0.4, 0.5) is 0 Å². The Kier molecular flexibility index (Phi) is 6.59. The number of aromatic nitrogens is 1. The van der Waals surface area contributed by atoms with Crippen molar-refractivity contribution in [3.05, 3.63) is 52.8 Å². The van der Waals surface area contributed by atoms with Gasteiger partial charge in [-0.2, -0.15) is 0 Å². The van der Waals surface area contributed by atoms with Crippen molar-refractivity contribution in [2.75, 3.05) is 13.2 Å². The molecule has 1 saturated carbocycles. The molecule has 1 fully saturated rings. The fraction of sp³-hybridized carbons (Fsp3) is 0.435. The summed E-state index contributed by atoms with van der Waals surface area (Å²) in [7, 11) is 0. The molecule has 0 atom stereocenters. The number of nitrogens with one attached hydrogen (secondary N) is 1. The van der Waals surface area contributed by atoms with Crippen molar-refractivity contribution < 1.29 is 23.9 Å². The van der Waals surface area contributed by atoms with Gasteiger partial charge in [0.1, 0.15) is 12.3 Å². The maximum atomic E-state index is 12.5. The van der Waals surface area contributed by atoms with Crippen LogP contribution in [0, 0.1) is 13.8 Å². The summed E-state index contributed by atoms with van der Waals surface area (Å²) in [4.78, 5) is 36.6. The third-order valence-corrected chi connectivity index (χ3v) is 4.94. The number of carbonyl (C=O) groups is 3. The van der Waals surface area contributed by atoms with Crippen molar-refractivity contribution in [3.63, 3.8) is 0 Å². The summed E-state index contributed by atoms with van der Waals surface area (Å²) in [5, 5.41) is 2.50. The van der Waals surface area contributed by atoms with Gasteiger partial charge in [0.2, 0.25) is 5.78 Å². The zero-order valence-electron chi connectivity index (χ0n) is 17.9. The molecule has 1 aromatic carbocycles. The van der Waals surface area contributed by atoms with Gasteiger partial charge in [0.15, 0.2) is 6.61 Å². The first kappa shape index (κ1) is 21.6. The zero-order valence-corrected chi connectivity index (χ0v) is 17.9. The normalized spacial score (nSPS) is 13.2. The highest BCUT2D eigenvalue weighted by Crippen LogP contribution is 2.38. The molecule has 1 aromatic heterocycles. The summed E-state index contributed by atoms with van der Waals surface area (Å²) in [6.07, 6.45) is 2.31. The molecular weight excluding hydrogens is 384 g/mol. The SMILES string of the molecule is Cc1cc(C(=O)COC(=O)CNC(=O)c2ccc(OC(C)C)cc2)c(C)n1C1CC1. The fourth-order valence-corrected chi connectivity index (χ4v) is 3.44. The number of hydrogen-bond donors (Lipinski definition) is 1. The number of aryl methyl sites for hydroxylation is 1. The van der Waals surface area contributed by atoms with Crippen LogP contribution in [0.25, 0.3) is 0 Å². The highest BCUT2D eigenvalue weighted by Gasteiger charge is 2.28. The average Bonchev–Trinajstić information content (AvgIpc) is 3.48. The van der Waals surface area contributed by atoms with Crippen molar-refractivity contribution in [1.82, 2.24) is 9.88 Å². The van der Waals surface area contributed by atoms with Gasteiger partial charge in [-0.15, -0.1) is 0 Å². The molecular formula is C23H28N2O5. The molecule has 7 nitrogen and oxygen atoms in total. The van der Waals surface area contributed by atoms with Gasteiger partial charge >= 0.3 is 5.97 Å². The van der Waals surface area contributed by atoms with Crippen molar-refractivity contribution in [3.8, 4) is 5.75 Å². The number of nitrogens with zero attached hydrogens (tertiary/aromatic N) is 1. The lowest BCUT2D eigenvalue weighted by atomic mass is 10.1. The Hall–Kier alpha value is -3.09. The van der Waals surface area contributed by atoms with Crippen LogP contribution in [-0.4, -0.2) is 41.5 Å². The Morgan fingerprint density at radius 1 is 1.13 bits per heavy atom. The molecule has 1 amide bonds. The van der Waals surface area contributed by atoms with Gasteiger partial charge in [-0.05, 0) is 70.9 Å². The second-order valence-corrected chi connectivity index (χ2v) is 7.84. The Morgan fingerprint density at radius 2 is 1.80 bits per heavy atom. The van der Waals surface area contributed by atoms with E-state index in [-0.39, 0.29) is 25.0 Å². The number of hydrogen-bond acceptors (Lipinski definition) is 5. The number of Topliss-reactive ketones (excluding diaryl/α,β-unsaturated/α-hetero) is 1. The van der Waals surface area contributed by atoms with Gasteiger partial charge in [0.25, 0.3) is 5.91 Å². The van der Waals surface area contributed by atoms with E-state index in [9.17, 15) is 14.4 Å². The molecule has 30 heavy (non-hydrogen) atoms. The van der Waals surface area contributed by atoms with Crippen LogP contribution in [0.5, 0.6) is 5.75 Å². The van der Waals surface area contributed by atoms with Crippen LogP contribution in [0.3, 0.4) is 0 Å². The monoisotopic (exact) mass is 412 g/mol. The summed E-state index contributed by atoms with van der Waals surface area (Å²) < 4.78 is 12.8. The number of carbonyl (C=O) groups excluding carboxylic acids is 3. The molecule has 1 N–H and O–H groups in total. The van der Waals surface area contributed by atoms with E-state index >= 15 is 0 Å². The van der Waals surface area contributed by atoms with Crippen LogP contribution in [-0.2, 0) is 9.53 Å². The maximum absolute atomic E-state index is 12.5. The average molecular weight is 412 g/mol. The van der Waals surface area contributed by atoms with E-state index < -0.39 is 11.9 Å². The van der Waals surface area contributed by atoms with Crippen LogP contribution >= 0.6 is 0 Å². The van der Waals surface area contributed by atoms with E-state index in [0.29, 0.717) is 22.9 Å². The van der Waals surface area contributed by atoms with Gasteiger partial charge in [-0.3, -0.25) is 14.4 Å². The fourth-order valence-electron chi connectivity index (χ4n) is 3.44. The molecule has 0 spiro atoms. The van der Waals surface area contributed by atoms with Gasteiger partial charge in [-0.25, -0.2) is 0 Å². The highest BCUT2D eigenvalue weighted by molar-refractivity contribution is 6.00. The minimum atomic E-state index is -0.660. The van der Waals surface area contributed by atoms with Crippen LogP contribution < -0.4 is 10.1 Å². The molecule has 160 valence electrons. The van der Waals surface area contributed by atoms with Crippen molar-refractivity contribution >= 4 is 17.7 Å². The highest BCUT2D eigenvalue weighted by atomic mass is 16.5. The van der Waals surface area contributed by atoms with Crippen LogP contribution in [0.1, 0.15) is 64.8 Å². The lowest BCUT2D eigenvalue weighted by Gasteiger charge is -2.10. The standard InChI is InChI=1S/C23H28N2O5/c1-14(2)30-19-9-5-17(6-10-19)23(28)24-12-22(27)29-13-21(26)20-11-15(3)25(16(20)4)18-7-8-18/h5-6,9-11,14,18H,7-8,12-13H2,1-4H3,(H,24,28). The first-order valence-corrected chi connectivity index (χ1v) is 10.2. The van der Waals surface area contributed by atoms with Gasteiger partial charge in [0, 0.05) is 28.6 Å². The van der Waals surface area contributed by atoms with Crippen molar-refractivity contribution in [1.29, 1.82) is 0 Å². The first-order chi connectivity index (χ1) is 14.3. The van der Waals surface area contributed by atoms with E-state index in [0.717, 1.165) is 24.2 Å². The number of benzene rings is 1. The predicted octanol–water partition coefficient (Wildman–Crippen LogP) is 3.38. The van der Waals surface area contributed by atoms with Crippen molar-refractivity contribution in [2.45, 2.75) is 52.7 Å². The molecule has 2 aromatic rings. The Morgan fingerprint density at radius 3 is 2.40 bits per heavy atom. The summed E-state index contributed by atoms with van der Waals surface area (Å²) in [6, 6.07) is 8.97. The maximum Gasteiger partial charge on any atom is 0.325 e. The van der Waals surface area contributed by atoms with E-state index in [1.807, 2.05) is 33.8 Å². The van der Waals surface area contributed by atoms with E-state index in [4.69, 9.17) is 9.47 Å². The Balaban J connectivity index is 1.46. The Labute approximate surface area is 176 Å². The van der Waals surface area contributed by atoms with E-state index in [2.05, 4.69) is 9.88 Å². The van der Waals surface area contributed by atoms with Gasteiger partial charge in [-0.1, -0.05) is 0 Å². The minimum absolute atomic E-state index is 0.0436. The largest absolute Gasteiger partial charge is 0.491 e. The van der Waals surface area contributed by atoms with Crippen molar-refractivity contribution in [2.24, 2.45) is 0 Å². The predicted molar refractivity (Wildman–Crippen MR) is 112 cm³/mol. The molecule has 7 heteroatoms. The molecule has 0 radical (unpaired) electrons. The summed E-state index contributed by atoms with van der Waals surface area (Å²) in [6.45, 7) is 7.08. The van der Waals surface area contributed by atoms with Crippen LogP contribution in [0.2, 0.25) is 0 Å². The quantitative estimate of drug-likeness (QED) is 0.504. The zero-order chi connectivity index (χ0) is 21.8. The first-order valence-electron chi connectivity index (χ1n) is 10.2. The Bertz CT molecular complexity index is 939. The van der Waals surface area contributed by atoms with Crippen LogP contribution in [0.15, 0.2) is 30.3 Å². The number of ketones is 1. The second kappa shape index (κ2) is 9.15. The van der Waals surface area contributed by atoms with E-state index in [1.165, 1.54) is 0 Å². The lowest BCUT2D eigenvalue weighted by Crippen LogP contribution is -2.31. The molecule has 0 bridgehead atoms. The number of rotatable bonds is 9. The third-order valence-electron chi connectivity index (χ3n) is 4.94. The van der Waals surface area contributed by atoms with E-state index in [1.54, 1.807) is 24.3 Å². The molecule has 0 unspecified atom stereocenters. The molecule has 0 aliphatic heterocycles. The molecule has 1 aliphatic carbocycles. The molecule has 1 aliphatic rings. The molecule has 0 saturated heterocycles. The number of ether oxygens (including phenoxy) is 2. The topological polar surface area (TPSA) is 86.6 Å². The molecule has 3 rings (SSSR count). The molecule has 1 heterocycles. The summed E-state index contributed by atoms with van der Waals surface area (Å²) in [5.74, 6) is -0.634. The second-order valence-electron chi connectivity index (χ2n) is 7.84.